The Morgan fingerprint density at radius 1 is 0.969 bits per heavy atom. The SMILES string of the molecule is C=C(C)C[C@@](C#N)(c1ccccc1)[C@H](CCc1ccccc1)NNC(=O)c1ccccc1. The molecule has 0 aliphatic carbocycles. The Morgan fingerprint density at radius 2 is 1.53 bits per heavy atom. The molecule has 32 heavy (non-hydrogen) atoms. The van der Waals surface area contributed by atoms with Crippen LogP contribution in [0.4, 0.5) is 0 Å². The zero-order valence-electron chi connectivity index (χ0n) is 18.4. The highest BCUT2D eigenvalue weighted by molar-refractivity contribution is 5.93. The molecule has 4 nitrogen and oxygen atoms in total. The van der Waals surface area contributed by atoms with Crippen LogP contribution in [0.2, 0.25) is 0 Å². The smallest absolute Gasteiger partial charge is 0.265 e. The lowest BCUT2D eigenvalue weighted by atomic mass is 9.70. The molecule has 3 rings (SSSR count). The van der Waals surface area contributed by atoms with Crippen molar-refractivity contribution in [1.82, 2.24) is 10.9 Å². The number of nitrogens with one attached hydrogen (secondary N) is 2. The highest BCUT2D eigenvalue weighted by Gasteiger charge is 2.41. The first-order chi connectivity index (χ1) is 15.5. The van der Waals surface area contributed by atoms with Gasteiger partial charge in [-0.1, -0.05) is 84.4 Å². The molecule has 0 bridgehead atoms. The van der Waals surface area contributed by atoms with Gasteiger partial charge in [-0.2, -0.15) is 5.26 Å². The molecule has 2 N–H and O–H groups in total. The molecule has 3 aromatic carbocycles. The summed E-state index contributed by atoms with van der Waals surface area (Å²) in [4.78, 5) is 12.7. The highest BCUT2D eigenvalue weighted by Crippen LogP contribution is 2.35. The van der Waals surface area contributed by atoms with Gasteiger partial charge in [-0.05, 0) is 49.4 Å². The lowest BCUT2D eigenvalue weighted by Gasteiger charge is -2.37. The minimum absolute atomic E-state index is 0.231. The van der Waals surface area contributed by atoms with Crippen LogP contribution in [0.25, 0.3) is 0 Å². The van der Waals surface area contributed by atoms with Crippen LogP contribution < -0.4 is 10.9 Å². The normalized spacial score (nSPS) is 13.4. The average molecular weight is 424 g/mol. The predicted molar refractivity (Wildman–Crippen MR) is 129 cm³/mol. The summed E-state index contributed by atoms with van der Waals surface area (Å²) < 4.78 is 0. The molecule has 0 fully saturated rings. The third kappa shape index (κ3) is 5.72. The van der Waals surface area contributed by atoms with E-state index in [1.54, 1.807) is 12.1 Å². The van der Waals surface area contributed by atoms with Crippen LogP contribution in [0.5, 0.6) is 0 Å². The second kappa shape index (κ2) is 11.1. The van der Waals surface area contributed by atoms with Crippen LogP contribution in [0.3, 0.4) is 0 Å². The van der Waals surface area contributed by atoms with E-state index in [1.165, 1.54) is 5.56 Å². The van der Waals surface area contributed by atoms with Gasteiger partial charge < -0.3 is 0 Å². The standard InChI is InChI=1S/C28H29N3O/c1-22(2)20-28(21-29,25-16-10-5-11-17-25)26(19-18-23-12-6-3-7-13-23)30-31-27(32)24-14-8-4-9-15-24/h3-17,26,30H,1,18-20H2,2H3,(H,31,32)/t26-,28+/m0/s1. The van der Waals surface area contributed by atoms with Gasteiger partial charge >= 0.3 is 0 Å². The maximum atomic E-state index is 12.7. The summed E-state index contributed by atoms with van der Waals surface area (Å²) in [7, 11) is 0. The number of amides is 1. The Bertz CT molecular complexity index is 1060. The quantitative estimate of drug-likeness (QED) is 0.341. The van der Waals surface area contributed by atoms with Gasteiger partial charge in [0.25, 0.3) is 5.91 Å². The van der Waals surface area contributed by atoms with E-state index in [0.717, 1.165) is 17.6 Å². The summed E-state index contributed by atoms with van der Waals surface area (Å²) in [5, 5.41) is 10.5. The molecule has 0 aromatic heterocycles. The largest absolute Gasteiger partial charge is 0.287 e. The zero-order chi connectivity index (χ0) is 22.8. The Balaban J connectivity index is 1.92. The van der Waals surface area contributed by atoms with Crippen LogP contribution in [-0.2, 0) is 11.8 Å². The van der Waals surface area contributed by atoms with E-state index in [2.05, 4.69) is 35.6 Å². The van der Waals surface area contributed by atoms with Gasteiger partial charge in [0.1, 0.15) is 5.41 Å². The molecule has 0 saturated heterocycles. The van der Waals surface area contributed by atoms with Crippen LogP contribution in [0, 0.1) is 11.3 Å². The first-order valence-corrected chi connectivity index (χ1v) is 10.8. The molecule has 4 heteroatoms. The third-order valence-electron chi connectivity index (χ3n) is 5.62. The Labute approximate surface area is 190 Å². The topological polar surface area (TPSA) is 64.9 Å². The van der Waals surface area contributed by atoms with Crippen LogP contribution in [0.1, 0.15) is 41.3 Å². The molecule has 0 heterocycles. The second-order valence-electron chi connectivity index (χ2n) is 8.12. The number of allylic oxidation sites excluding steroid dienone is 1. The summed E-state index contributed by atoms with van der Waals surface area (Å²) in [6.45, 7) is 6.03. The fourth-order valence-electron chi connectivity index (χ4n) is 4.03. The van der Waals surface area contributed by atoms with Crippen molar-refractivity contribution in [3.05, 3.63) is 120 Å². The van der Waals surface area contributed by atoms with E-state index in [-0.39, 0.29) is 11.9 Å². The lowest BCUT2D eigenvalue weighted by molar-refractivity contribution is 0.0915. The molecular formula is C28H29N3O. The summed E-state index contributed by atoms with van der Waals surface area (Å²) in [6.07, 6.45) is 1.92. The first-order valence-electron chi connectivity index (χ1n) is 10.8. The number of rotatable bonds is 10. The summed E-state index contributed by atoms with van der Waals surface area (Å²) in [5.74, 6) is -0.231. The predicted octanol–water partition coefficient (Wildman–Crippen LogP) is 5.35. The number of benzene rings is 3. The van der Waals surface area contributed by atoms with Crippen molar-refractivity contribution in [3.8, 4) is 6.07 Å². The third-order valence-corrected chi connectivity index (χ3v) is 5.62. The number of nitrogens with zero attached hydrogens (tertiary/aromatic N) is 1. The Hall–Kier alpha value is -3.68. The minimum atomic E-state index is -0.883. The number of carbonyl (C=O) groups is 1. The van der Waals surface area contributed by atoms with Gasteiger partial charge in [0.15, 0.2) is 0 Å². The number of hydrogen-bond acceptors (Lipinski definition) is 3. The van der Waals surface area contributed by atoms with Gasteiger partial charge in [0.2, 0.25) is 0 Å². The number of hydrazine groups is 1. The van der Waals surface area contributed by atoms with E-state index < -0.39 is 5.41 Å². The van der Waals surface area contributed by atoms with Gasteiger partial charge in [-0.15, -0.1) is 6.58 Å². The van der Waals surface area contributed by atoms with Crippen LogP contribution in [0.15, 0.2) is 103 Å². The minimum Gasteiger partial charge on any atom is -0.287 e. The van der Waals surface area contributed by atoms with E-state index in [0.29, 0.717) is 18.4 Å². The molecule has 3 aromatic rings. The Kier molecular flexibility index (Phi) is 7.96. The number of hydrogen-bond donors (Lipinski definition) is 2. The molecule has 0 aliphatic rings. The van der Waals surface area contributed by atoms with Crippen molar-refractivity contribution in [2.24, 2.45) is 0 Å². The molecule has 0 saturated carbocycles. The number of aryl methyl sites for hydroxylation is 1. The molecule has 1 amide bonds. The van der Waals surface area contributed by atoms with Crippen molar-refractivity contribution in [2.75, 3.05) is 0 Å². The molecular weight excluding hydrogens is 394 g/mol. The fourth-order valence-corrected chi connectivity index (χ4v) is 4.03. The number of carbonyl (C=O) groups excluding carboxylic acids is 1. The van der Waals surface area contributed by atoms with E-state index in [1.807, 2.05) is 73.7 Å². The van der Waals surface area contributed by atoms with Crippen molar-refractivity contribution >= 4 is 5.91 Å². The van der Waals surface area contributed by atoms with Gasteiger partial charge in [0, 0.05) is 11.6 Å². The first kappa shape index (κ1) is 23.0. The summed E-state index contributed by atoms with van der Waals surface area (Å²) in [5.41, 5.74) is 8.75. The van der Waals surface area contributed by atoms with E-state index in [9.17, 15) is 10.1 Å². The monoisotopic (exact) mass is 423 g/mol. The fraction of sp³-hybridized carbons (Fsp3) is 0.214. The van der Waals surface area contributed by atoms with Crippen molar-refractivity contribution in [2.45, 2.75) is 37.6 Å². The van der Waals surface area contributed by atoms with Crippen molar-refractivity contribution < 1.29 is 4.79 Å². The molecule has 0 unspecified atom stereocenters. The maximum Gasteiger partial charge on any atom is 0.265 e. The van der Waals surface area contributed by atoms with Gasteiger partial charge in [-0.3, -0.25) is 10.2 Å². The molecule has 0 radical (unpaired) electrons. The molecule has 0 spiro atoms. The van der Waals surface area contributed by atoms with Crippen molar-refractivity contribution in [3.63, 3.8) is 0 Å². The lowest BCUT2D eigenvalue weighted by Crippen LogP contribution is -2.54. The summed E-state index contributed by atoms with van der Waals surface area (Å²) >= 11 is 0. The molecule has 0 aliphatic heterocycles. The van der Waals surface area contributed by atoms with Gasteiger partial charge in [0.05, 0.1) is 6.07 Å². The second-order valence-corrected chi connectivity index (χ2v) is 8.12. The molecule has 162 valence electrons. The maximum absolute atomic E-state index is 12.7. The molecule has 2 atom stereocenters. The van der Waals surface area contributed by atoms with Crippen molar-refractivity contribution in [1.29, 1.82) is 5.26 Å². The summed E-state index contributed by atoms with van der Waals surface area (Å²) in [6, 6.07) is 31.2. The van der Waals surface area contributed by atoms with E-state index >= 15 is 0 Å². The zero-order valence-corrected chi connectivity index (χ0v) is 18.4. The van der Waals surface area contributed by atoms with E-state index in [4.69, 9.17) is 0 Å². The highest BCUT2D eigenvalue weighted by atomic mass is 16.2. The van der Waals surface area contributed by atoms with Crippen LogP contribution >= 0.6 is 0 Å². The Morgan fingerprint density at radius 3 is 2.09 bits per heavy atom. The van der Waals surface area contributed by atoms with Gasteiger partial charge in [-0.25, -0.2) is 5.43 Å². The van der Waals surface area contributed by atoms with Crippen LogP contribution in [-0.4, -0.2) is 11.9 Å². The average Bonchev–Trinajstić information content (AvgIpc) is 2.84. The number of nitriles is 1.